The highest BCUT2D eigenvalue weighted by atomic mass is 79.9. The zero-order chi connectivity index (χ0) is 9.42. The maximum Gasteiger partial charge on any atom is 0.204 e. The fourth-order valence-corrected chi connectivity index (χ4v) is 1.78. The molecule has 0 atom stereocenters. The number of hydrogen-bond donors (Lipinski definition) is 1. The lowest BCUT2D eigenvalue weighted by molar-refractivity contribution is 0.0961. The molecule has 1 heterocycles. The van der Waals surface area contributed by atoms with Gasteiger partial charge in [-0.2, -0.15) is 0 Å². The number of Topliss-reactive ketones (excluding diaryl/α,β-unsaturated/α-hetero) is 1. The van der Waals surface area contributed by atoms with Gasteiger partial charge in [-0.3, -0.25) is 4.79 Å². The molecule has 0 saturated heterocycles. The summed E-state index contributed by atoms with van der Waals surface area (Å²) in [4.78, 5) is 11.3. The van der Waals surface area contributed by atoms with Gasteiger partial charge in [-0.15, -0.1) is 0 Å². The van der Waals surface area contributed by atoms with Crippen molar-refractivity contribution in [1.29, 1.82) is 5.41 Å². The zero-order valence-corrected chi connectivity index (χ0v) is 8.22. The Morgan fingerprint density at radius 3 is 3.00 bits per heavy atom. The standard InChI is InChI=1S/C9H6BrNO2/c10-6-1-2-8-9(5(6)3-11)7(12)4-13-8/h1-3,11H,4H2. The van der Waals surface area contributed by atoms with E-state index in [0.717, 1.165) is 10.7 Å². The van der Waals surface area contributed by atoms with Crippen LogP contribution >= 0.6 is 15.9 Å². The van der Waals surface area contributed by atoms with Crippen LogP contribution in [-0.4, -0.2) is 18.6 Å². The van der Waals surface area contributed by atoms with Crippen LogP contribution < -0.4 is 4.74 Å². The third-order valence-corrected chi connectivity index (χ3v) is 2.63. The normalized spacial score (nSPS) is 13.8. The number of benzene rings is 1. The van der Waals surface area contributed by atoms with Gasteiger partial charge in [0.05, 0.1) is 5.56 Å². The fraction of sp³-hybridized carbons (Fsp3) is 0.111. The third kappa shape index (κ3) is 1.18. The van der Waals surface area contributed by atoms with Crippen molar-refractivity contribution in [3.05, 3.63) is 27.7 Å². The average molecular weight is 240 g/mol. The molecule has 0 unspecified atom stereocenters. The Bertz CT molecular complexity index is 401. The Balaban J connectivity index is 2.74. The molecule has 1 aliphatic heterocycles. The first kappa shape index (κ1) is 8.44. The lowest BCUT2D eigenvalue weighted by Gasteiger charge is -2.02. The fourth-order valence-electron chi connectivity index (χ4n) is 1.34. The van der Waals surface area contributed by atoms with Gasteiger partial charge in [-0.05, 0) is 12.1 Å². The van der Waals surface area contributed by atoms with Crippen molar-refractivity contribution in [2.24, 2.45) is 0 Å². The molecule has 0 aliphatic carbocycles. The Labute approximate surface area is 83.3 Å². The predicted molar refractivity (Wildman–Crippen MR) is 51.9 cm³/mol. The van der Waals surface area contributed by atoms with E-state index < -0.39 is 0 Å². The molecule has 1 aromatic rings. The van der Waals surface area contributed by atoms with Crippen LogP contribution in [0.15, 0.2) is 16.6 Å². The van der Waals surface area contributed by atoms with Crippen molar-refractivity contribution < 1.29 is 9.53 Å². The topological polar surface area (TPSA) is 50.2 Å². The SMILES string of the molecule is N=Cc1c(Br)ccc2c1C(=O)CO2. The molecule has 0 amide bonds. The van der Waals surface area contributed by atoms with Crippen molar-refractivity contribution in [1.82, 2.24) is 0 Å². The molecular weight excluding hydrogens is 234 g/mol. The van der Waals surface area contributed by atoms with Crippen molar-refractivity contribution in [2.45, 2.75) is 0 Å². The molecule has 1 N–H and O–H groups in total. The second kappa shape index (κ2) is 2.96. The summed E-state index contributed by atoms with van der Waals surface area (Å²) >= 11 is 3.28. The number of carbonyl (C=O) groups excluding carboxylic acids is 1. The van der Waals surface area contributed by atoms with Gasteiger partial charge in [-0.25, -0.2) is 0 Å². The summed E-state index contributed by atoms with van der Waals surface area (Å²) in [5.41, 5.74) is 1.12. The summed E-state index contributed by atoms with van der Waals surface area (Å²) in [6.07, 6.45) is 1.16. The van der Waals surface area contributed by atoms with E-state index in [2.05, 4.69) is 15.9 Å². The monoisotopic (exact) mass is 239 g/mol. The summed E-state index contributed by atoms with van der Waals surface area (Å²) < 4.78 is 5.88. The van der Waals surface area contributed by atoms with Gasteiger partial charge < -0.3 is 10.1 Å². The van der Waals surface area contributed by atoms with E-state index in [0.29, 0.717) is 16.9 Å². The number of halogens is 1. The molecule has 0 fully saturated rings. The number of ketones is 1. The Kier molecular flexibility index (Phi) is 1.92. The minimum Gasteiger partial charge on any atom is -0.485 e. The molecule has 66 valence electrons. The zero-order valence-electron chi connectivity index (χ0n) is 6.63. The van der Waals surface area contributed by atoms with Crippen molar-refractivity contribution >= 4 is 27.9 Å². The summed E-state index contributed by atoms with van der Waals surface area (Å²) in [6.45, 7) is 0.0899. The molecule has 1 aliphatic rings. The molecule has 0 bridgehead atoms. The molecule has 3 nitrogen and oxygen atoms in total. The van der Waals surface area contributed by atoms with Gasteiger partial charge in [0.1, 0.15) is 5.75 Å². The van der Waals surface area contributed by atoms with Gasteiger partial charge in [0, 0.05) is 16.3 Å². The number of rotatable bonds is 1. The third-order valence-electron chi connectivity index (χ3n) is 1.94. The van der Waals surface area contributed by atoms with Gasteiger partial charge in [0.25, 0.3) is 0 Å². The van der Waals surface area contributed by atoms with Crippen LogP contribution in [0.4, 0.5) is 0 Å². The number of hydrogen-bond acceptors (Lipinski definition) is 3. The smallest absolute Gasteiger partial charge is 0.204 e. The van der Waals surface area contributed by atoms with E-state index in [1.54, 1.807) is 12.1 Å². The quantitative estimate of drug-likeness (QED) is 0.763. The highest BCUT2D eigenvalue weighted by molar-refractivity contribution is 9.10. The van der Waals surface area contributed by atoms with Crippen LogP contribution in [-0.2, 0) is 0 Å². The largest absolute Gasteiger partial charge is 0.485 e. The Morgan fingerprint density at radius 2 is 2.31 bits per heavy atom. The number of ether oxygens (including phenoxy) is 1. The van der Waals surface area contributed by atoms with Crippen molar-refractivity contribution in [3.63, 3.8) is 0 Å². The maximum atomic E-state index is 11.3. The van der Waals surface area contributed by atoms with Gasteiger partial charge in [0.15, 0.2) is 6.61 Å². The summed E-state index contributed by atoms with van der Waals surface area (Å²) in [5, 5.41) is 7.18. The van der Waals surface area contributed by atoms with Crippen LogP contribution in [0, 0.1) is 5.41 Å². The summed E-state index contributed by atoms with van der Waals surface area (Å²) in [7, 11) is 0. The van der Waals surface area contributed by atoms with Gasteiger partial charge in [-0.1, -0.05) is 15.9 Å². The van der Waals surface area contributed by atoms with E-state index >= 15 is 0 Å². The van der Waals surface area contributed by atoms with Crippen LogP contribution in [0.3, 0.4) is 0 Å². The minimum absolute atomic E-state index is 0.0604. The summed E-state index contributed by atoms with van der Waals surface area (Å²) in [5.74, 6) is 0.515. The van der Waals surface area contributed by atoms with Crippen molar-refractivity contribution in [3.8, 4) is 5.75 Å². The summed E-state index contributed by atoms with van der Waals surface area (Å²) in [6, 6.07) is 3.51. The Morgan fingerprint density at radius 1 is 1.54 bits per heavy atom. The number of nitrogens with one attached hydrogen (secondary N) is 1. The maximum absolute atomic E-state index is 11.3. The Hall–Kier alpha value is -1.16. The van der Waals surface area contributed by atoms with Crippen molar-refractivity contribution in [2.75, 3.05) is 6.61 Å². The molecular formula is C9H6BrNO2. The molecule has 4 heteroatoms. The molecule has 0 saturated carbocycles. The molecule has 13 heavy (non-hydrogen) atoms. The second-order valence-electron chi connectivity index (χ2n) is 2.69. The molecule has 0 radical (unpaired) electrons. The van der Waals surface area contributed by atoms with Crippen LogP contribution in [0.25, 0.3) is 0 Å². The van der Waals surface area contributed by atoms with Gasteiger partial charge in [0.2, 0.25) is 5.78 Å². The van der Waals surface area contributed by atoms with E-state index in [1.807, 2.05) is 0 Å². The van der Waals surface area contributed by atoms with Crippen LogP contribution in [0.5, 0.6) is 5.75 Å². The first-order chi connectivity index (χ1) is 6.24. The highest BCUT2D eigenvalue weighted by Crippen LogP contribution is 2.31. The number of fused-ring (bicyclic) bond motifs is 1. The molecule has 2 rings (SSSR count). The lowest BCUT2D eigenvalue weighted by atomic mass is 10.1. The number of carbonyl (C=O) groups is 1. The first-order valence-electron chi connectivity index (χ1n) is 3.73. The van der Waals surface area contributed by atoms with Gasteiger partial charge >= 0.3 is 0 Å². The minimum atomic E-state index is -0.0604. The van der Waals surface area contributed by atoms with E-state index in [-0.39, 0.29) is 12.4 Å². The molecule has 1 aromatic carbocycles. The predicted octanol–water partition coefficient (Wildman–Crippen LogP) is 2.02. The molecule has 0 aromatic heterocycles. The average Bonchev–Trinajstić information content (AvgIpc) is 2.49. The van der Waals surface area contributed by atoms with E-state index in [9.17, 15) is 4.79 Å². The lowest BCUT2D eigenvalue weighted by Crippen LogP contribution is -2.02. The van der Waals surface area contributed by atoms with E-state index in [4.69, 9.17) is 10.1 Å². The first-order valence-corrected chi connectivity index (χ1v) is 4.52. The van der Waals surface area contributed by atoms with Crippen LogP contribution in [0.1, 0.15) is 15.9 Å². The van der Waals surface area contributed by atoms with Crippen LogP contribution in [0.2, 0.25) is 0 Å². The molecule has 0 spiro atoms. The van der Waals surface area contributed by atoms with E-state index in [1.165, 1.54) is 0 Å². The second-order valence-corrected chi connectivity index (χ2v) is 3.54. The highest BCUT2D eigenvalue weighted by Gasteiger charge is 2.24.